The third kappa shape index (κ3) is 2.50. The van der Waals surface area contributed by atoms with Crippen LogP contribution in [0.3, 0.4) is 0 Å². The second kappa shape index (κ2) is 5.34. The Bertz CT molecular complexity index is 718. The molecule has 0 saturated carbocycles. The summed E-state index contributed by atoms with van der Waals surface area (Å²) in [5.74, 6) is 0. The van der Waals surface area contributed by atoms with Gasteiger partial charge in [0.25, 0.3) is 0 Å². The van der Waals surface area contributed by atoms with Gasteiger partial charge in [-0.3, -0.25) is 4.98 Å². The average Bonchev–Trinajstić information content (AvgIpc) is 2.49. The summed E-state index contributed by atoms with van der Waals surface area (Å²) in [6.07, 6.45) is 1.97. The first kappa shape index (κ1) is 12.7. The standard InChI is InChI=1S/C18H16BN/c1-13-11-18(15-7-9-16(19)10-8-15)20-12-17(13)14-5-3-2-4-6-14/h2-12H,19H2,1H3. The van der Waals surface area contributed by atoms with Crippen LogP contribution in [0.25, 0.3) is 22.4 Å². The lowest BCUT2D eigenvalue weighted by Gasteiger charge is -2.08. The molecule has 1 aromatic heterocycles. The van der Waals surface area contributed by atoms with Crippen molar-refractivity contribution in [1.29, 1.82) is 0 Å². The maximum absolute atomic E-state index is 4.62. The molecule has 0 aliphatic carbocycles. The van der Waals surface area contributed by atoms with E-state index in [1.54, 1.807) is 0 Å². The zero-order chi connectivity index (χ0) is 13.9. The average molecular weight is 257 g/mol. The molecular weight excluding hydrogens is 241 g/mol. The maximum Gasteiger partial charge on any atom is 0.139 e. The Morgan fingerprint density at radius 2 is 1.55 bits per heavy atom. The molecule has 96 valence electrons. The van der Waals surface area contributed by atoms with Gasteiger partial charge in [-0.1, -0.05) is 60.1 Å². The van der Waals surface area contributed by atoms with E-state index in [-0.39, 0.29) is 0 Å². The minimum atomic E-state index is 1.03. The third-order valence-corrected chi connectivity index (χ3v) is 3.54. The molecule has 2 aromatic carbocycles. The van der Waals surface area contributed by atoms with Crippen LogP contribution >= 0.6 is 0 Å². The van der Waals surface area contributed by atoms with Crippen molar-refractivity contribution < 1.29 is 0 Å². The molecule has 3 aromatic rings. The van der Waals surface area contributed by atoms with Crippen LogP contribution in [0.5, 0.6) is 0 Å². The highest BCUT2D eigenvalue weighted by Crippen LogP contribution is 2.25. The molecule has 20 heavy (non-hydrogen) atoms. The number of rotatable bonds is 2. The van der Waals surface area contributed by atoms with Gasteiger partial charge in [-0.25, -0.2) is 0 Å². The van der Waals surface area contributed by atoms with Crippen LogP contribution in [0.4, 0.5) is 0 Å². The van der Waals surface area contributed by atoms with Crippen LogP contribution in [0.2, 0.25) is 0 Å². The van der Waals surface area contributed by atoms with Gasteiger partial charge in [-0.15, -0.1) is 0 Å². The zero-order valence-electron chi connectivity index (χ0n) is 11.8. The Labute approximate surface area is 120 Å². The molecule has 3 rings (SSSR count). The van der Waals surface area contributed by atoms with E-state index in [0.29, 0.717) is 0 Å². The first-order valence-corrected chi connectivity index (χ1v) is 6.83. The van der Waals surface area contributed by atoms with E-state index in [4.69, 9.17) is 0 Å². The molecule has 0 unspecified atom stereocenters. The molecule has 0 bridgehead atoms. The summed E-state index contributed by atoms with van der Waals surface area (Å²) in [6, 6.07) is 21.0. The Hall–Kier alpha value is -2.35. The molecule has 0 aliphatic rings. The fraction of sp³-hybridized carbons (Fsp3) is 0.0556. The molecule has 0 aliphatic heterocycles. The number of nitrogens with zero attached hydrogens (tertiary/aromatic N) is 1. The van der Waals surface area contributed by atoms with E-state index in [1.807, 2.05) is 12.3 Å². The molecule has 0 atom stereocenters. The van der Waals surface area contributed by atoms with Crippen molar-refractivity contribution in [1.82, 2.24) is 4.98 Å². The second-order valence-electron chi connectivity index (χ2n) is 5.12. The molecular formula is C18H16BN. The quantitative estimate of drug-likeness (QED) is 0.643. The van der Waals surface area contributed by atoms with Crippen molar-refractivity contribution in [3.63, 3.8) is 0 Å². The molecule has 0 N–H and O–H groups in total. The molecule has 1 nitrogen and oxygen atoms in total. The fourth-order valence-electron chi connectivity index (χ4n) is 2.36. The Morgan fingerprint density at radius 1 is 0.850 bits per heavy atom. The van der Waals surface area contributed by atoms with E-state index < -0.39 is 0 Å². The monoisotopic (exact) mass is 257 g/mol. The Balaban J connectivity index is 2.01. The Morgan fingerprint density at radius 3 is 2.20 bits per heavy atom. The predicted octanol–water partition coefficient (Wildman–Crippen LogP) is 2.98. The van der Waals surface area contributed by atoms with Gasteiger partial charge in [0, 0.05) is 17.3 Å². The summed E-state index contributed by atoms with van der Waals surface area (Å²) >= 11 is 0. The highest BCUT2D eigenvalue weighted by molar-refractivity contribution is 6.32. The largest absolute Gasteiger partial charge is 0.256 e. The SMILES string of the molecule is Bc1ccc(-c2cc(C)c(-c3ccccc3)cn2)cc1. The molecule has 0 fully saturated rings. The van der Waals surface area contributed by atoms with Gasteiger partial charge in [0.15, 0.2) is 0 Å². The van der Waals surface area contributed by atoms with Crippen molar-refractivity contribution in [3.8, 4) is 22.4 Å². The van der Waals surface area contributed by atoms with Crippen LogP contribution in [0.15, 0.2) is 66.9 Å². The molecule has 0 radical (unpaired) electrons. The zero-order valence-corrected chi connectivity index (χ0v) is 11.8. The molecule has 0 spiro atoms. The summed E-state index contributed by atoms with van der Waals surface area (Å²) in [5, 5.41) is 0. The number of pyridine rings is 1. The molecule has 1 heterocycles. The van der Waals surface area contributed by atoms with Crippen LogP contribution in [-0.4, -0.2) is 12.8 Å². The van der Waals surface area contributed by atoms with Gasteiger partial charge < -0.3 is 0 Å². The van der Waals surface area contributed by atoms with Gasteiger partial charge in [0.1, 0.15) is 7.85 Å². The summed E-state index contributed by atoms with van der Waals surface area (Å²) in [4.78, 5) is 4.62. The van der Waals surface area contributed by atoms with Gasteiger partial charge in [-0.2, -0.15) is 0 Å². The summed E-state index contributed by atoms with van der Waals surface area (Å²) < 4.78 is 0. The van der Waals surface area contributed by atoms with E-state index in [2.05, 4.69) is 74.4 Å². The fourth-order valence-corrected chi connectivity index (χ4v) is 2.36. The van der Waals surface area contributed by atoms with Gasteiger partial charge >= 0.3 is 0 Å². The van der Waals surface area contributed by atoms with Crippen molar-refractivity contribution in [2.45, 2.75) is 6.92 Å². The lowest BCUT2D eigenvalue weighted by Crippen LogP contribution is -1.99. The third-order valence-electron chi connectivity index (χ3n) is 3.54. The van der Waals surface area contributed by atoms with Crippen molar-refractivity contribution in [2.24, 2.45) is 0 Å². The van der Waals surface area contributed by atoms with Crippen molar-refractivity contribution in [2.75, 3.05) is 0 Å². The Kier molecular flexibility index (Phi) is 3.38. The summed E-state index contributed by atoms with van der Waals surface area (Å²) in [6.45, 7) is 2.14. The van der Waals surface area contributed by atoms with E-state index in [9.17, 15) is 0 Å². The minimum Gasteiger partial charge on any atom is -0.256 e. The number of hydrogen-bond acceptors (Lipinski definition) is 1. The lowest BCUT2D eigenvalue weighted by atomic mass is 9.94. The molecule has 2 heteroatoms. The second-order valence-corrected chi connectivity index (χ2v) is 5.12. The number of hydrogen-bond donors (Lipinski definition) is 0. The normalized spacial score (nSPS) is 10.4. The van der Waals surface area contributed by atoms with E-state index in [1.165, 1.54) is 27.7 Å². The van der Waals surface area contributed by atoms with Crippen LogP contribution in [0, 0.1) is 6.92 Å². The van der Waals surface area contributed by atoms with Gasteiger partial charge in [-0.05, 0) is 24.1 Å². The maximum atomic E-state index is 4.62. The first-order chi connectivity index (χ1) is 9.74. The van der Waals surface area contributed by atoms with Crippen molar-refractivity contribution in [3.05, 3.63) is 72.4 Å². The number of aromatic nitrogens is 1. The van der Waals surface area contributed by atoms with Crippen LogP contribution in [-0.2, 0) is 0 Å². The van der Waals surface area contributed by atoms with E-state index >= 15 is 0 Å². The lowest BCUT2D eigenvalue weighted by molar-refractivity contribution is 1.29. The topological polar surface area (TPSA) is 12.9 Å². The summed E-state index contributed by atoms with van der Waals surface area (Å²) in [7, 11) is 2.10. The summed E-state index contributed by atoms with van der Waals surface area (Å²) in [5.41, 5.74) is 7.13. The van der Waals surface area contributed by atoms with E-state index in [0.717, 1.165) is 5.69 Å². The van der Waals surface area contributed by atoms with Crippen LogP contribution in [0.1, 0.15) is 5.56 Å². The minimum absolute atomic E-state index is 1.03. The number of aryl methyl sites for hydroxylation is 1. The predicted molar refractivity (Wildman–Crippen MR) is 88.0 cm³/mol. The molecule has 0 amide bonds. The first-order valence-electron chi connectivity index (χ1n) is 6.83. The number of benzene rings is 2. The smallest absolute Gasteiger partial charge is 0.139 e. The molecule has 0 saturated heterocycles. The van der Waals surface area contributed by atoms with Gasteiger partial charge in [0.2, 0.25) is 0 Å². The van der Waals surface area contributed by atoms with Gasteiger partial charge in [0.05, 0.1) is 5.69 Å². The highest BCUT2D eigenvalue weighted by Gasteiger charge is 2.05. The highest BCUT2D eigenvalue weighted by atomic mass is 14.7. The van der Waals surface area contributed by atoms with Crippen LogP contribution < -0.4 is 5.46 Å². The van der Waals surface area contributed by atoms with Crippen molar-refractivity contribution >= 4 is 13.3 Å².